The van der Waals surface area contributed by atoms with Gasteiger partial charge in [0, 0.05) is 12.5 Å². The number of benzene rings is 2. The van der Waals surface area contributed by atoms with E-state index in [2.05, 4.69) is 10.3 Å². The molecule has 1 amide bonds. The summed E-state index contributed by atoms with van der Waals surface area (Å²) in [6, 6.07) is 9.95. The van der Waals surface area contributed by atoms with E-state index in [0.29, 0.717) is 23.1 Å². The third kappa shape index (κ3) is 4.66. The number of hydrogen-bond acceptors (Lipinski definition) is 5. The van der Waals surface area contributed by atoms with Crippen LogP contribution in [0.1, 0.15) is 19.2 Å². The smallest absolute Gasteiger partial charge is 0.307 e. The van der Waals surface area contributed by atoms with Crippen molar-refractivity contribution < 1.29 is 27.5 Å². The Hall–Kier alpha value is -3.29. The molecule has 0 unspecified atom stereocenters. The Bertz CT molecular complexity index is 954. The lowest BCUT2D eigenvalue weighted by Gasteiger charge is -2.13. The van der Waals surface area contributed by atoms with Crippen molar-refractivity contribution in [2.75, 3.05) is 5.32 Å². The second-order valence-corrected chi connectivity index (χ2v) is 5.82. The lowest BCUT2D eigenvalue weighted by molar-refractivity contribution is -0.153. The van der Waals surface area contributed by atoms with E-state index in [0.717, 1.165) is 12.1 Å². The number of rotatable bonds is 6. The second-order valence-electron chi connectivity index (χ2n) is 5.82. The third-order valence-electron chi connectivity index (χ3n) is 3.75. The van der Waals surface area contributed by atoms with E-state index in [4.69, 9.17) is 9.15 Å². The van der Waals surface area contributed by atoms with Gasteiger partial charge in [0.25, 0.3) is 5.91 Å². The van der Waals surface area contributed by atoms with E-state index >= 15 is 0 Å². The Balaban J connectivity index is 1.51. The van der Waals surface area contributed by atoms with Gasteiger partial charge in [0.2, 0.25) is 0 Å². The van der Waals surface area contributed by atoms with E-state index in [1.165, 1.54) is 6.92 Å². The molecule has 2 aromatic carbocycles. The summed E-state index contributed by atoms with van der Waals surface area (Å²) >= 11 is 0. The highest BCUT2D eigenvalue weighted by Crippen LogP contribution is 2.17. The van der Waals surface area contributed by atoms with Crippen molar-refractivity contribution >= 4 is 28.7 Å². The third-order valence-corrected chi connectivity index (χ3v) is 3.75. The summed E-state index contributed by atoms with van der Waals surface area (Å²) in [6.45, 7) is 1.36. The molecule has 0 bridgehead atoms. The van der Waals surface area contributed by atoms with E-state index in [1.807, 2.05) is 12.1 Å². The minimum atomic E-state index is -1.15. The molecule has 0 aliphatic carbocycles. The predicted octanol–water partition coefficient (Wildman–Crippen LogP) is 3.61. The van der Waals surface area contributed by atoms with Crippen molar-refractivity contribution in [3.8, 4) is 0 Å². The molecule has 1 N–H and O–H groups in total. The fourth-order valence-corrected chi connectivity index (χ4v) is 2.37. The number of fused-ring (bicyclic) bond motifs is 1. The molecule has 0 saturated carbocycles. The number of aromatic nitrogens is 1. The summed E-state index contributed by atoms with van der Waals surface area (Å²) in [4.78, 5) is 28.2. The molecular formula is C19H16F2N2O4. The Kier molecular flexibility index (Phi) is 5.44. The zero-order valence-corrected chi connectivity index (χ0v) is 14.4. The summed E-state index contributed by atoms with van der Waals surface area (Å²) in [5, 5.41) is 2.25. The van der Waals surface area contributed by atoms with Gasteiger partial charge in [-0.3, -0.25) is 9.59 Å². The van der Waals surface area contributed by atoms with Crippen molar-refractivity contribution in [2.24, 2.45) is 0 Å². The number of aryl methyl sites for hydroxylation is 1. The highest BCUT2D eigenvalue weighted by atomic mass is 19.1. The number of esters is 1. The quantitative estimate of drug-likeness (QED) is 0.667. The van der Waals surface area contributed by atoms with Crippen LogP contribution >= 0.6 is 0 Å². The Morgan fingerprint density at radius 1 is 1.22 bits per heavy atom. The number of halogens is 2. The minimum Gasteiger partial charge on any atom is -0.453 e. The van der Waals surface area contributed by atoms with Crippen LogP contribution in [0.25, 0.3) is 11.1 Å². The minimum absolute atomic E-state index is 0.0324. The van der Waals surface area contributed by atoms with Crippen molar-refractivity contribution in [2.45, 2.75) is 25.9 Å². The van der Waals surface area contributed by atoms with Gasteiger partial charge in [-0.05, 0) is 31.2 Å². The summed E-state index contributed by atoms with van der Waals surface area (Å²) in [5.74, 6) is -2.64. The lowest BCUT2D eigenvalue weighted by Crippen LogP contribution is -2.30. The van der Waals surface area contributed by atoms with Crippen molar-refractivity contribution in [1.29, 1.82) is 0 Å². The molecule has 6 nitrogen and oxygen atoms in total. The average molecular weight is 374 g/mol. The van der Waals surface area contributed by atoms with Gasteiger partial charge in [-0.15, -0.1) is 0 Å². The van der Waals surface area contributed by atoms with Crippen molar-refractivity contribution in [1.82, 2.24) is 4.98 Å². The van der Waals surface area contributed by atoms with Crippen LogP contribution in [0.15, 0.2) is 46.9 Å². The number of carbonyl (C=O) groups excluding carboxylic acids is 2. The first-order valence-corrected chi connectivity index (χ1v) is 8.22. The molecule has 140 valence electrons. The number of carbonyl (C=O) groups is 2. The Morgan fingerprint density at radius 3 is 2.74 bits per heavy atom. The fourth-order valence-electron chi connectivity index (χ4n) is 2.37. The molecule has 0 aliphatic rings. The number of nitrogens with zero attached hydrogens (tertiary/aromatic N) is 1. The van der Waals surface area contributed by atoms with Crippen LogP contribution in [0.5, 0.6) is 0 Å². The normalized spacial score (nSPS) is 12.0. The average Bonchev–Trinajstić information content (AvgIpc) is 3.05. The first-order valence-electron chi connectivity index (χ1n) is 8.22. The van der Waals surface area contributed by atoms with Crippen LogP contribution in [-0.4, -0.2) is 23.0 Å². The molecule has 0 radical (unpaired) electrons. The number of ether oxygens (including phenoxy) is 1. The summed E-state index contributed by atoms with van der Waals surface area (Å²) in [5.41, 5.74) is 1.11. The van der Waals surface area contributed by atoms with Gasteiger partial charge < -0.3 is 14.5 Å². The topological polar surface area (TPSA) is 81.4 Å². The maximum atomic E-state index is 13.6. The summed E-state index contributed by atoms with van der Waals surface area (Å²) < 4.78 is 37.0. The number of hydrogen-bond donors (Lipinski definition) is 1. The van der Waals surface area contributed by atoms with E-state index in [9.17, 15) is 18.4 Å². The molecule has 27 heavy (non-hydrogen) atoms. The van der Waals surface area contributed by atoms with Crippen LogP contribution < -0.4 is 5.32 Å². The van der Waals surface area contributed by atoms with Crippen molar-refractivity contribution in [3.05, 3.63) is 60.0 Å². The maximum absolute atomic E-state index is 13.6. The zero-order chi connectivity index (χ0) is 19.4. The largest absolute Gasteiger partial charge is 0.453 e. The highest BCUT2D eigenvalue weighted by Gasteiger charge is 2.20. The Labute approximate surface area is 153 Å². The standard InChI is InChI=1S/C19H16F2N2O4/c1-11(19(25)23-14-7-6-12(20)10-13(14)21)26-18(24)9-8-17-22-15-4-2-3-5-16(15)27-17/h2-7,10-11H,8-9H2,1H3,(H,23,25)/t11-/m1/s1. The van der Waals surface area contributed by atoms with E-state index in [-0.39, 0.29) is 18.5 Å². The van der Waals surface area contributed by atoms with Crippen molar-refractivity contribution in [3.63, 3.8) is 0 Å². The molecule has 8 heteroatoms. The van der Waals surface area contributed by atoms with Crippen LogP contribution in [-0.2, 0) is 20.7 Å². The number of para-hydroxylation sites is 2. The van der Waals surface area contributed by atoms with Gasteiger partial charge in [0.15, 0.2) is 17.6 Å². The maximum Gasteiger partial charge on any atom is 0.307 e. The molecule has 0 saturated heterocycles. The van der Waals surface area contributed by atoms with Crippen LogP contribution in [0.2, 0.25) is 0 Å². The second kappa shape index (κ2) is 7.94. The molecule has 1 atom stereocenters. The number of anilines is 1. The zero-order valence-electron chi connectivity index (χ0n) is 14.4. The highest BCUT2D eigenvalue weighted by molar-refractivity contribution is 5.95. The van der Waals surface area contributed by atoms with Gasteiger partial charge in [-0.2, -0.15) is 0 Å². The van der Waals surface area contributed by atoms with Crippen LogP contribution in [0.4, 0.5) is 14.5 Å². The molecule has 1 heterocycles. The summed E-state index contributed by atoms with van der Waals surface area (Å²) in [6.07, 6.45) is -0.963. The molecule has 0 fully saturated rings. The van der Waals surface area contributed by atoms with Gasteiger partial charge in [0.05, 0.1) is 12.1 Å². The molecule has 0 spiro atoms. The molecule has 1 aromatic heterocycles. The lowest BCUT2D eigenvalue weighted by atomic mass is 10.2. The van der Waals surface area contributed by atoms with Gasteiger partial charge in [-0.25, -0.2) is 13.8 Å². The summed E-state index contributed by atoms with van der Waals surface area (Å²) in [7, 11) is 0. The van der Waals surface area contributed by atoms with E-state index < -0.39 is 29.6 Å². The Morgan fingerprint density at radius 2 is 2.00 bits per heavy atom. The number of oxazole rings is 1. The SMILES string of the molecule is C[C@@H](OC(=O)CCc1nc2ccccc2o1)C(=O)Nc1ccc(F)cc1F. The van der Waals surface area contributed by atoms with Crippen LogP contribution in [0.3, 0.4) is 0 Å². The molecular weight excluding hydrogens is 358 g/mol. The molecule has 3 rings (SSSR count). The van der Waals surface area contributed by atoms with Gasteiger partial charge in [-0.1, -0.05) is 12.1 Å². The first-order chi connectivity index (χ1) is 12.9. The number of amides is 1. The molecule has 0 aliphatic heterocycles. The first kappa shape index (κ1) is 18.5. The number of nitrogens with one attached hydrogen (secondary N) is 1. The van der Waals surface area contributed by atoms with E-state index in [1.54, 1.807) is 12.1 Å². The predicted molar refractivity (Wildman–Crippen MR) is 92.9 cm³/mol. The van der Waals surface area contributed by atoms with Gasteiger partial charge in [0.1, 0.15) is 17.2 Å². The van der Waals surface area contributed by atoms with Gasteiger partial charge >= 0.3 is 5.97 Å². The fraction of sp³-hybridized carbons (Fsp3) is 0.211. The monoisotopic (exact) mass is 374 g/mol. The van der Waals surface area contributed by atoms with Crippen LogP contribution in [0, 0.1) is 11.6 Å². The molecule has 3 aromatic rings.